The number of carbonyl (C=O) groups excluding carboxylic acids is 3. The Morgan fingerprint density at radius 1 is 1.00 bits per heavy atom. The maximum absolute atomic E-state index is 12.0. The zero-order chi connectivity index (χ0) is 17.0. The Kier molecular flexibility index (Phi) is 5.56. The molecule has 1 saturated heterocycles. The molecule has 1 aliphatic rings. The summed E-state index contributed by atoms with van der Waals surface area (Å²) in [4.78, 5) is 56.6. The van der Waals surface area contributed by atoms with Crippen molar-refractivity contribution in [2.24, 2.45) is 0 Å². The second-order valence-electron chi connectivity index (χ2n) is 4.38. The lowest BCUT2D eigenvalue weighted by Gasteiger charge is -2.33. The monoisotopic (exact) mass is 330 g/mol. The summed E-state index contributed by atoms with van der Waals surface area (Å²) in [7, 11) is -4.64. The van der Waals surface area contributed by atoms with Gasteiger partial charge in [0.05, 0.1) is 0 Å². The van der Waals surface area contributed by atoms with Crippen molar-refractivity contribution < 1.29 is 33.6 Å². The fraction of sp³-hybridized carbons (Fsp3) is 0.250. The van der Waals surface area contributed by atoms with Gasteiger partial charge in [-0.05, 0) is 12.0 Å². The molecule has 0 aliphatic carbocycles. The summed E-state index contributed by atoms with van der Waals surface area (Å²) in [6, 6.07) is 7.96. The Labute approximate surface area is 125 Å². The molecule has 4 amide bonds. The largest absolute Gasteiger partial charge is 0.466 e. The Bertz CT molecular complexity index is 597. The minimum Gasteiger partial charge on any atom is -0.303 e. The fourth-order valence-corrected chi connectivity index (χ4v) is 2.06. The number of barbiturate groups is 1. The van der Waals surface area contributed by atoms with Crippen LogP contribution >= 0.6 is 7.82 Å². The van der Waals surface area contributed by atoms with Gasteiger partial charge in [-0.25, -0.2) is 9.36 Å². The van der Waals surface area contributed by atoms with Crippen molar-refractivity contribution in [2.75, 3.05) is 0 Å². The molecule has 120 valence electrons. The second kappa shape index (κ2) is 6.80. The van der Waals surface area contributed by atoms with Gasteiger partial charge in [0, 0.05) is 0 Å². The highest BCUT2D eigenvalue weighted by Crippen LogP contribution is 2.30. The molecule has 0 bridgehead atoms. The molecule has 0 saturated carbocycles. The predicted molar refractivity (Wildman–Crippen MR) is 74.4 cm³/mol. The van der Waals surface area contributed by atoms with Gasteiger partial charge in [0.1, 0.15) is 0 Å². The number of amides is 4. The first-order valence-corrected chi connectivity index (χ1v) is 7.68. The zero-order valence-corrected chi connectivity index (χ0v) is 12.4. The van der Waals surface area contributed by atoms with Crippen molar-refractivity contribution in [1.82, 2.24) is 10.6 Å². The minimum atomic E-state index is -4.64. The lowest BCUT2D eigenvalue weighted by molar-refractivity contribution is -0.138. The van der Waals surface area contributed by atoms with E-state index in [-0.39, 0.29) is 0 Å². The van der Waals surface area contributed by atoms with Gasteiger partial charge < -0.3 is 14.7 Å². The summed E-state index contributed by atoms with van der Waals surface area (Å²) >= 11 is 0. The van der Waals surface area contributed by atoms with E-state index >= 15 is 0 Å². The van der Waals surface area contributed by atoms with Gasteiger partial charge in [-0.2, -0.15) is 0 Å². The third kappa shape index (κ3) is 4.22. The van der Waals surface area contributed by atoms with Gasteiger partial charge >= 0.3 is 13.9 Å². The molecule has 0 spiro atoms. The smallest absolute Gasteiger partial charge is 0.303 e. The van der Waals surface area contributed by atoms with E-state index in [0.717, 1.165) is 0 Å². The van der Waals surface area contributed by atoms with E-state index in [4.69, 9.17) is 19.2 Å². The molecule has 0 atom stereocenters. The van der Waals surface area contributed by atoms with Crippen LogP contribution in [-0.4, -0.2) is 32.5 Å². The maximum Gasteiger partial charge on any atom is 0.466 e. The zero-order valence-electron chi connectivity index (χ0n) is 11.5. The first-order chi connectivity index (χ1) is 10.1. The molecule has 1 heterocycles. The molecule has 1 aliphatic heterocycles. The quantitative estimate of drug-likeness (QED) is 0.371. The Balaban J connectivity index is 0.000000422. The van der Waals surface area contributed by atoms with E-state index in [0.29, 0.717) is 12.0 Å². The van der Waals surface area contributed by atoms with Crippen LogP contribution < -0.4 is 10.6 Å². The van der Waals surface area contributed by atoms with E-state index in [1.165, 1.54) is 0 Å². The lowest BCUT2D eigenvalue weighted by atomic mass is 9.75. The molecular formula is C12H15N2O7P. The molecule has 2 rings (SSSR count). The van der Waals surface area contributed by atoms with Crippen molar-refractivity contribution in [1.29, 1.82) is 0 Å². The molecule has 1 fully saturated rings. The van der Waals surface area contributed by atoms with Crippen LogP contribution in [0.3, 0.4) is 0 Å². The molecule has 1 aromatic carbocycles. The SMILES string of the molecule is CCC1(c2ccccc2)C(=O)NC(=O)NC1=O.O=P(O)(O)O. The Hall–Kier alpha value is -2.06. The van der Waals surface area contributed by atoms with E-state index in [1.807, 2.05) is 0 Å². The van der Waals surface area contributed by atoms with Crippen LogP contribution in [0, 0.1) is 0 Å². The number of imide groups is 2. The summed E-state index contributed by atoms with van der Waals surface area (Å²) in [5.74, 6) is -1.14. The van der Waals surface area contributed by atoms with Crippen LogP contribution in [-0.2, 0) is 19.6 Å². The number of hydrogen-bond acceptors (Lipinski definition) is 4. The van der Waals surface area contributed by atoms with Crippen LogP contribution in [0.1, 0.15) is 18.9 Å². The van der Waals surface area contributed by atoms with Crippen LogP contribution in [0.4, 0.5) is 4.79 Å². The average molecular weight is 330 g/mol. The van der Waals surface area contributed by atoms with Crippen LogP contribution in [0.2, 0.25) is 0 Å². The summed E-state index contributed by atoms with van der Waals surface area (Å²) in [5.41, 5.74) is -0.722. The molecule has 5 N–H and O–H groups in total. The van der Waals surface area contributed by atoms with Crippen LogP contribution in [0.25, 0.3) is 0 Å². The number of benzene rings is 1. The van der Waals surface area contributed by atoms with Crippen molar-refractivity contribution in [3.63, 3.8) is 0 Å². The summed E-state index contributed by atoms with van der Waals surface area (Å²) in [6.45, 7) is 1.74. The molecule has 0 aromatic heterocycles. The van der Waals surface area contributed by atoms with Crippen molar-refractivity contribution in [3.05, 3.63) is 35.9 Å². The van der Waals surface area contributed by atoms with Gasteiger partial charge in [-0.3, -0.25) is 20.2 Å². The van der Waals surface area contributed by atoms with Crippen LogP contribution in [0.5, 0.6) is 0 Å². The number of urea groups is 1. The van der Waals surface area contributed by atoms with E-state index < -0.39 is 31.1 Å². The first-order valence-electron chi connectivity index (χ1n) is 6.12. The maximum atomic E-state index is 12.0. The standard InChI is InChI=1S/C12H12N2O3.H3O4P/c1-2-12(8-6-4-3-5-7-8)9(15)13-11(17)14-10(12)16;1-5(2,3)4/h3-7H,2H2,1H3,(H2,13,14,15,16,17);(H3,1,2,3,4). The third-order valence-electron chi connectivity index (χ3n) is 3.03. The van der Waals surface area contributed by atoms with Gasteiger partial charge in [-0.1, -0.05) is 37.3 Å². The third-order valence-corrected chi connectivity index (χ3v) is 3.03. The van der Waals surface area contributed by atoms with Crippen molar-refractivity contribution in [2.45, 2.75) is 18.8 Å². The summed E-state index contributed by atoms with van der Waals surface area (Å²) in [6.07, 6.45) is 0.294. The highest BCUT2D eigenvalue weighted by Gasteiger charge is 2.50. The van der Waals surface area contributed by atoms with Gasteiger partial charge in [0.15, 0.2) is 5.41 Å². The van der Waals surface area contributed by atoms with Crippen molar-refractivity contribution in [3.8, 4) is 0 Å². The lowest BCUT2D eigenvalue weighted by Crippen LogP contribution is -2.64. The summed E-state index contributed by atoms with van der Waals surface area (Å²) in [5, 5.41) is 4.28. The molecule has 1 aromatic rings. The van der Waals surface area contributed by atoms with E-state index in [9.17, 15) is 14.4 Å². The van der Waals surface area contributed by atoms with E-state index in [1.54, 1.807) is 37.3 Å². The number of rotatable bonds is 2. The number of nitrogens with one attached hydrogen (secondary N) is 2. The second-order valence-corrected chi connectivity index (χ2v) is 5.40. The van der Waals surface area contributed by atoms with Gasteiger partial charge in [0.2, 0.25) is 11.8 Å². The number of phosphoric acid groups is 1. The molecule has 10 heteroatoms. The Morgan fingerprint density at radius 2 is 1.41 bits per heavy atom. The average Bonchev–Trinajstić information content (AvgIpc) is 2.38. The van der Waals surface area contributed by atoms with E-state index in [2.05, 4.69) is 10.6 Å². The van der Waals surface area contributed by atoms with Crippen molar-refractivity contribution >= 4 is 25.7 Å². The number of hydrogen-bond donors (Lipinski definition) is 5. The summed E-state index contributed by atoms with van der Waals surface area (Å²) < 4.78 is 8.88. The highest BCUT2D eigenvalue weighted by atomic mass is 31.2. The topological polar surface area (TPSA) is 153 Å². The molecular weight excluding hydrogens is 315 g/mol. The van der Waals surface area contributed by atoms with Gasteiger partial charge in [0.25, 0.3) is 0 Å². The Morgan fingerprint density at radius 3 is 1.77 bits per heavy atom. The minimum absolute atomic E-state index is 0.294. The first kappa shape index (κ1) is 18.0. The molecule has 9 nitrogen and oxygen atoms in total. The molecule has 0 radical (unpaired) electrons. The fourth-order valence-electron chi connectivity index (χ4n) is 2.06. The normalized spacial score (nSPS) is 17.0. The van der Waals surface area contributed by atoms with Crippen LogP contribution in [0.15, 0.2) is 30.3 Å². The molecule has 22 heavy (non-hydrogen) atoms. The number of carbonyl (C=O) groups is 3. The highest BCUT2D eigenvalue weighted by molar-refractivity contribution is 7.45. The van der Waals surface area contributed by atoms with Gasteiger partial charge in [-0.15, -0.1) is 0 Å². The predicted octanol–water partition coefficient (Wildman–Crippen LogP) is -0.228. The molecule has 0 unspecified atom stereocenters.